The molecular weight excluding hydrogens is 404 g/mol. The molecule has 0 aromatic rings. The molecule has 2 nitrogen and oxygen atoms in total. The van der Waals surface area contributed by atoms with E-state index in [1.807, 2.05) is 0 Å². The molecule has 2 heteroatoms. The number of aliphatic hydroxyl groups excluding tert-OH is 1. The summed E-state index contributed by atoms with van der Waals surface area (Å²) in [5.41, 5.74) is 1.92. The standard InChI is InChI=1S/C31H52O2/c1-20(2)21-11-14-31(19-32)18-16-28(6)22(25(21)31)9-10-24-27(5)15-17-30(8,33)26(3,4)23(27)12-13-29(24,28)7/h21-25,32-33H,1,9-19H2,2-8H3/t21-,22?,23-,24+,25+,27-,28+,29+,30?,31+/m0/s1. The normalized spacial score (nSPS) is 57.4. The topological polar surface area (TPSA) is 40.5 Å². The quantitative estimate of drug-likeness (QED) is 0.425. The SMILES string of the molecule is C=C(C)[C@@H]1CC[C@]2(CO)CC[C@]3(C)C(CC[C@@H]4[C@@]5(C)CCC(C)(O)C(C)(C)[C@@H]5CC[C@]43C)[C@@H]12. The zero-order valence-electron chi connectivity index (χ0n) is 22.8. The summed E-state index contributed by atoms with van der Waals surface area (Å²) in [6.07, 6.45) is 12.3. The second kappa shape index (κ2) is 7.12. The van der Waals surface area contributed by atoms with Gasteiger partial charge in [-0.15, -0.1) is 0 Å². The van der Waals surface area contributed by atoms with E-state index in [0.717, 1.165) is 12.3 Å². The molecule has 188 valence electrons. The van der Waals surface area contributed by atoms with E-state index in [1.54, 1.807) is 0 Å². The van der Waals surface area contributed by atoms with Crippen molar-refractivity contribution in [3.8, 4) is 0 Å². The van der Waals surface area contributed by atoms with Crippen LogP contribution in [0.15, 0.2) is 12.2 Å². The Bertz CT molecular complexity index is 827. The van der Waals surface area contributed by atoms with E-state index in [1.165, 1.54) is 63.4 Å². The second-order valence-corrected chi connectivity index (χ2v) is 15.2. The van der Waals surface area contributed by atoms with Crippen LogP contribution < -0.4 is 0 Å². The maximum atomic E-state index is 11.4. The molecule has 5 rings (SSSR count). The number of aliphatic hydroxyl groups is 2. The maximum Gasteiger partial charge on any atom is 0.0673 e. The summed E-state index contributed by atoms with van der Waals surface area (Å²) >= 11 is 0. The Labute approximate surface area is 204 Å². The van der Waals surface area contributed by atoms with Crippen LogP contribution in [-0.2, 0) is 0 Å². The van der Waals surface area contributed by atoms with Gasteiger partial charge in [0.15, 0.2) is 0 Å². The molecule has 0 aromatic carbocycles. The minimum absolute atomic E-state index is 0.0335. The first-order valence-corrected chi connectivity index (χ1v) is 14.2. The van der Waals surface area contributed by atoms with Gasteiger partial charge in [-0.05, 0) is 135 Å². The highest BCUT2D eigenvalue weighted by Gasteiger charge is 2.71. The van der Waals surface area contributed by atoms with E-state index in [2.05, 4.69) is 55.0 Å². The van der Waals surface area contributed by atoms with Crippen LogP contribution in [0, 0.1) is 56.7 Å². The third-order valence-electron chi connectivity index (χ3n) is 14.2. The largest absolute Gasteiger partial charge is 0.396 e. The molecule has 0 spiro atoms. The van der Waals surface area contributed by atoms with Gasteiger partial charge in [-0.1, -0.05) is 46.8 Å². The van der Waals surface area contributed by atoms with Gasteiger partial charge >= 0.3 is 0 Å². The summed E-state index contributed by atoms with van der Waals surface area (Å²) in [4.78, 5) is 0. The van der Waals surface area contributed by atoms with Crippen LogP contribution in [0.2, 0.25) is 0 Å². The molecule has 2 unspecified atom stereocenters. The highest BCUT2D eigenvalue weighted by atomic mass is 16.3. The van der Waals surface area contributed by atoms with Crippen LogP contribution >= 0.6 is 0 Å². The van der Waals surface area contributed by atoms with Crippen molar-refractivity contribution in [2.75, 3.05) is 6.61 Å². The Hall–Kier alpha value is -0.340. The van der Waals surface area contributed by atoms with Crippen LogP contribution in [0.5, 0.6) is 0 Å². The molecule has 0 amide bonds. The van der Waals surface area contributed by atoms with Crippen LogP contribution in [0.25, 0.3) is 0 Å². The summed E-state index contributed by atoms with van der Waals surface area (Å²) in [6, 6.07) is 0. The average Bonchev–Trinajstić information content (AvgIpc) is 3.12. The third kappa shape index (κ3) is 2.80. The number of hydrogen-bond acceptors (Lipinski definition) is 2. The molecule has 5 aliphatic rings. The third-order valence-corrected chi connectivity index (χ3v) is 14.2. The highest BCUT2D eigenvalue weighted by Crippen LogP contribution is 2.77. The van der Waals surface area contributed by atoms with E-state index in [9.17, 15) is 10.2 Å². The lowest BCUT2D eigenvalue weighted by Crippen LogP contribution is -2.68. The van der Waals surface area contributed by atoms with E-state index in [-0.39, 0.29) is 10.8 Å². The minimum Gasteiger partial charge on any atom is -0.396 e. The fourth-order valence-electron chi connectivity index (χ4n) is 11.7. The van der Waals surface area contributed by atoms with Crippen molar-refractivity contribution >= 4 is 0 Å². The zero-order valence-corrected chi connectivity index (χ0v) is 22.8. The molecule has 10 atom stereocenters. The van der Waals surface area contributed by atoms with Crippen molar-refractivity contribution in [3.63, 3.8) is 0 Å². The summed E-state index contributed by atoms with van der Waals surface area (Å²) in [5, 5.41) is 22.0. The van der Waals surface area contributed by atoms with Gasteiger partial charge in [0, 0.05) is 6.61 Å². The Morgan fingerprint density at radius 3 is 2.12 bits per heavy atom. The van der Waals surface area contributed by atoms with Gasteiger partial charge in [0.2, 0.25) is 0 Å². The molecule has 2 N–H and O–H groups in total. The lowest BCUT2D eigenvalue weighted by atomic mass is 9.31. The summed E-state index contributed by atoms with van der Waals surface area (Å²) in [6.45, 7) is 21.9. The Morgan fingerprint density at radius 2 is 1.48 bits per heavy atom. The molecule has 0 heterocycles. The van der Waals surface area contributed by atoms with E-state index in [4.69, 9.17) is 0 Å². The van der Waals surface area contributed by atoms with Crippen molar-refractivity contribution in [2.45, 2.75) is 118 Å². The van der Waals surface area contributed by atoms with Crippen molar-refractivity contribution in [2.24, 2.45) is 56.7 Å². The lowest BCUT2D eigenvalue weighted by Gasteiger charge is -2.73. The fourth-order valence-corrected chi connectivity index (χ4v) is 11.7. The predicted molar refractivity (Wildman–Crippen MR) is 137 cm³/mol. The predicted octanol–water partition coefficient (Wildman–Crippen LogP) is 7.39. The van der Waals surface area contributed by atoms with Gasteiger partial charge in [-0.2, -0.15) is 0 Å². The lowest BCUT2D eigenvalue weighted by molar-refractivity contribution is -0.263. The van der Waals surface area contributed by atoms with Gasteiger partial charge in [-0.25, -0.2) is 0 Å². The fraction of sp³-hybridized carbons (Fsp3) is 0.935. The molecule has 0 saturated heterocycles. The number of rotatable bonds is 2. The first-order valence-electron chi connectivity index (χ1n) is 14.2. The highest BCUT2D eigenvalue weighted by molar-refractivity contribution is 5.22. The van der Waals surface area contributed by atoms with Gasteiger partial charge in [0.1, 0.15) is 0 Å². The number of hydrogen-bond donors (Lipinski definition) is 2. The van der Waals surface area contributed by atoms with E-state index >= 15 is 0 Å². The molecule has 0 bridgehead atoms. The molecule has 5 fully saturated rings. The Balaban J connectivity index is 1.55. The second-order valence-electron chi connectivity index (χ2n) is 15.2. The molecule has 0 radical (unpaired) electrons. The summed E-state index contributed by atoms with van der Waals surface area (Å²) in [7, 11) is 0. The first-order chi connectivity index (χ1) is 15.2. The smallest absolute Gasteiger partial charge is 0.0673 e. The van der Waals surface area contributed by atoms with Crippen molar-refractivity contribution in [1.29, 1.82) is 0 Å². The molecular formula is C31H52O2. The van der Waals surface area contributed by atoms with Crippen molar-refractivity contribution in [1.82, 2.24) is 0 Å². The van der Waals surface area contributed by atoms with Gasteiger partial charge in [0.25, 0.3) is 0 Å². The van der Waals surface area contributed by atoms with E-state index < -0.39 is 5.60 Å². The first kappa shape index (κ1) is 24.4. The van der Waals surface area contributed by atoms with Crippen LogP contribution in [0.4, 0.5) is 0 Å². The molecule has 0 aliphatic heterocycles. The molecule has 5 saturated carbocycles. The Morgan fingerprint density at radius 1 is 0.788 bits per heavy atom. The minimum atomic E-state index is -0.559. The van der Waals surface area contributed by atoms with Crippen LogP contribution in [-0.4, -0.2) is 22.4 Å². The summed E-state index contributed by atoms with van der Waals surface area (Å²) in [5.74, 6) is 3.26. The number of fused-ring (bicyclic) bond motifs is 7. The van der Waals surface area contributed by atoms with Crippen molar-refractivity contribution in [3.05, 3.63) is 12.2 Å². The Kier molecular flexibility index (Phi) is 5.25. The van der Waals surface area contributed by atoms with Gasteiger partial charge in [-0.3, -0.25) is 0 Å². The van der Waals surface area contributed by atoms with Crippen LogP contribution in [0.3, 0.4) is 0 Å². The molecule has 33 heavy (non-hydrogen) atoms. The van der Waals surface area contributed by atoms with Crippen LogP contribution in [0.1, 0.15) is 113 Å². The monoisotopic (exact) mass is 456 g/mol. The molecule has 0 aromatic heterocycles. The van der Waals surface area contributed by atoms with Gasteiger partial charge < -0.3 is 10.2 Å². The van der Waals surface area contributed by atoms with Crippen molar-refractivity contribution < 1.29 is 10.2 Å². The maximum absolute atomic E-state index is 11.4. The number of allylic oxidation sites excluding steroid dienone is 1. The zero-order chi connectivity index (χ0) is 24.2. The summed E-state index contributed by atoms with van der Waals surface area (Å²) < 4.78 is 0. The average molecular weight is 457 g/mol. The van der Waals surface area contributed by atoms with E-state index in [0.29, 0.717) is 46.5 Å². The molecule has 5 aliphatic carbocycles. The van der Waals surface area contributed by atoms with Gasteiger partial charge in [0.05, 0.1) is 5.60 Å².